The monoisotopic (exact) mass is 252 g/mol. The highest BCUT2D eigenvalue weighted by molar-refractivity contribution is 6.33. The number of rotatable bonds is 4. The van der Waals surface area contributed by atoms with Crippen LogP contribution in [0.2, 0.25) is 5.02 Å². The number of nitrogens with one attached hydrogen (secondary N) is 1. The lowest BCUT2D eigenvalue weighted by Gasteiger charge is -2.34. The summed E-state index contributed by atoms with van der Waals surface area (Å²) < 4.78 is 0. The second-order valence-electron chi connectivity index (χ2n) is 4.67. The van der Waals surface area contributed by atoms with E-state index in [0.29, 0.717) is 6.04 Å². The van der Waals surface area contributed by atoms with Gasteiger partial charge in [0.05, 0.1) is 10.7 Å². The molecule has 0 radical (unpaired) electrons. The smallest absolute Gasteiger partial charge is 0.0639 e. The molecule has 0 bridgehead atoms. The number of nitrogens with zero attached hydrogens (tertiary/aromatic N) is 1. The van der Waals surface area contributed by atoms with Crippen LogP contribution in [-0.2, 0) is 0 Å². The minimum absolute atomic E-state index is 0.689. The summed E-state index contributed by atoms with van der Waals surface area (Å²) in [6, 6.07) is 8.82. The Morgan fingerprint density at radius 3 is 2.65 bits per heavy atom. The second-order valence-corrected chi connectivity index (χ2v) is 5.07. The highest BCUT2D eigenvalue weighted by Gasteiger charge is 2.19. The van der Waals surface area contributed by atoms with E-state index in [0.717, 1.165) is 24.7 Å². The number of para-hydroxylation sites is 1. The number of halogens is 1. The molecule has 0 saturated carbocycles. The molecule has 0 atom stereocenters. The molecule has 1 heterocycles. The number of piperidine rings is 1. The van der Waals surface area contributed by atoms with Crippen LogP contribution in [0.25, 0.3) is 0 Å². The van der Waals surface area contributed by atoms with Crippen molar-refractivity contribution in [1.29, 1.82) is 0 Å². The zero-order valence-corrected chi connectivity index (χ0v) is 11.2. The molecule has 2 nitrogen and oxygen atoms in total. The highest BCUT2D eigenvalue weighted by Crippen LogP contribution is 2.27. The Morgan fingerprint density at radius 2 is 2.00 bits per heavy atom. The van der Waals surface area contributed by atoms with Gasteiger partial charge in [0.25, 0.3) is 0 Å². The Kier molecular flexibility index (Phi) is 4.69. The lowest BCUT2D eigenvalue weighted by atomic mass is 10.0. The van der Waals surface area contributed by atoms with E-state index in [1.54, 1.807) is 0 Å². The predicted octanol–water partition coefficient (Wildman–Crippen LogP) is 3.31. The van der Waals surface area contributed by atoms with E-state index >= 15 is 0 Å². The third-order valence-electron chi connectivity index (χ3n) is 3.37. The van der Waals surface area contributed by atoms with Gasteiger partial charge in [-0.3, -0.25) is 0 Å². The molecule has 94 valence electrons. The predicted molar refractivity (Wildman–Crippen MR) is 75.0 cm³/mol. The van der Waals surface area contributed by atoms with E-state index in [2.05, 4.69) is 29.3 Å². The van der Waals surface area contributed by atoms with Gasteiger partial charge in [0.1, 0.15) is 0 Å². The maximum absolute atomic E-state index is 6.22. The van der Waals surface area contributed by atoms with Crippen molar-refractivity contribution in [1.82, 2.24) is 5.32 Å². The van der Waals surface area contributed by atoms with Crippen molar-refractivity contribution < 1.29 is 0 Å². The van der Waals surface area contributed by atoms with Gasteiger partial charge in [0, 0.05) is 19.1 Å². The van der Waals surface area contributed by atoms with Gasteiger partial charge >= 0.3 is 0 Å². The topological polar surface area (TPSA) is 15.3 Å². The molecule has 1 aliphatic heterocycles. The quantitative estimate of drug-likeness (QED) is 0.885. The molecule has 1 aliphatic rings. The van der Waals surface area contributed by atoms with E-state index in [1.165, 1.54) is 24.9 Å². The first-order valence-corrected chi connectivity index (χ1v) is 6.92. The molecule has 0 amide bonds. The van der Waals surface area contributed by atoms with Crippen molar-refractivity contribution in [3.05, 3.63) is 29.3 Å². The average molecular weight is 253 g/mol. The van der Waals surface area contributed by atoms with Crippen LogP contribution in [0.5, 0.6) is 0 Å². The largest absolute Gasteiger partial charge is 0.370 e. The summed E-state index contributed by atoms with van der Waals surface area (Å²) in [7, 11) is 0. The summed E-state index contributed by atoms with van der Waals surface area (Å²) in [5, 5.41) is 4.47. The van der Waals surface area contributed by atoms with Gasteiger partial charge in [-0.15, -0.1) is 0 Å². The minimum atomic E-state index is 0.689. The standard InChI is InChI=1S/C14H21ClN2/c1-2-9-16-12-7-10-17(11-8-12)14-6-4-3-5-13(14)15/h3-6,12,16H,2,7-11H2,1H3. The van der Waals surface area contributed by atoms with Crippen LogP contribution in [0.1, 0.15) is 26.2 Å². The summed E-state index contributed by atoms with van der Waals surface area (Å²) in [6.45, 7) is 5.55. The lowest BCUT2D eigenvalue weighted by Crippen LogP contribution is -2.42. The van der Waals surface area contributed by atoms with E-state index < -0.39 is 0 Å². The summed E-state index contributed by atoms with van der Waals surface area (Å²) in [4.78, 5) is 2.40. The first-order valence-electron chi connectivity index (χ1n) is 6.54. The molecule has 0 aromatic heterocycles. The molecule has 2 rings (SSSR count). The fraction of sp³-hybridized carbons (Fsp3) is 0.571. The fourth-order valence-electron chi connectivity index (χ4n) is 2.38. The van der Waals surface area contributed by atoms with Gasteiger partial charge in [-0.25, -0.2) is 0 Å². The van der Waals surface area contributed by atoms with Crippen LogP contribution in [0, 0.1) is 0 Å². The third kappa shape index (κ3) is 3.36. The van der Waals surface area contributed by atoms with Crippen molar-refractivity contribution in [3.63, 3.8) is 0 Å². The molecular weight excluding hydrogens is 232 g/mol. The van der Waals surface area contributed by atoms with Gasteiger partial charge in [0.15, 0.2) is 0 Å². The molecule has 1 fully saturated rings. The first kappa shape index (κ1) is 12.7. The molecule has 17 heavy (non-hydrogen) atoms. The van der Waals surface area contributed by atoms with Gasteiger partial charge in [-0.2, -0.15) is 0 Å². The Morgan fingerprint density at radius 1 is 1.29 bits per heavy atom. The Balaban J connectivity index is 1.89. The van der Waals surface area contributed by atoms with Crippen molar-refractivity contribution >= 4 is 17.3 Å². The van der Waals surface area contributed by atoms with Gasteiger partial charge in [-0.1, -0.05) is 30.7 Å². The van der Waals surface area contributed by atoms with Crippen LogP contribution < -0.4 is 10.2 Å². The second kappa shape index (κ2) is 6.27. The molecule has 1 aromatic carbocycles. The zero-order valence-electron chi connectivity index (χ0n) is 10.5. The molecule has 1 N–H and O–H groups in total. The van der Waals surface area contributed by atoms with Crippen molar-refractivity contribution in [2.45, 2.75) is 32.2 Å². The molecule has 0 aliphatic carbocycles. The van der Waals surface area contributed by atoms with E-state index in [4.69, 9.17) is 11.6 Å². The number of hydrogen-bond donors (Lipinski definition) is 1. The minimum Gasteiger partial charge on any atom is -0.370 e. The molecule has 1 aromatic rings. The summed E-state index contributed by atoms with van der Waals surface area (Å²) >= 11 is 6.22. The molecule has 0 unspecified atom stereocenters. The van der Waals surface area contributed by atoms with Gasteiger partial charge < -0.3 is 10.2 Å². The van der Waals surface area contributed by atoms with Crippen LogP contribution >= 0.6 is 11.6 Å². The average Bonchev–Trinajstić information content (AvgIpc) is 2.38. The molecule has 0 spiro atoms. The normalized spacial score (nSPS) is 17.4. The number of hydrogen-bond acceptors (Lipinski definition) is 2. The fourth-order valence-corrected chi connectivity index (χ4v) is 2.64. The third-order valence-corrected chi connectivity index (χ3v) is 3.69. The van der Waals surface area contributed by atoms with Crippen molar-refractivity contribution in [2.75, 3.05) is 24.5 Å². The number of anilines is 1. The zero-order chi connectivity index (χ0) is 12.1. The summed E-state index contributed by atoms with van der Waals surface area (Å²) in [5.74, 6) is 0. The van der Waals surface area contributed by atoms with Crippen LogP contribution in [0.15, 0.2) is 24.3 Å². The molecule has 3 heteroatoms. The molecule has 1 saturated heterocycles. The first-order chi connectivity index (χ1) is 8.31. The van der Waals surface area contributed by atoms with E-state index in [9.17, 15) is 0 Å². The highest BCUT2D eigenvalue weighted by atomic mass is 35.5. The van der Waals surface area contributed by atoms with Gasteiger partial charge in [-0.05, 0) is 37.9 Å². The maximum Gasteiger partial charge on any atom is 0.0639 e. The SMILES string of the molecule is CCCNC1CCN(c2ccccc2Cl)CC1. The Labute approximate surface area is 109 Å². The Bertz CT molecular complexity index is 346. The van der Waals surface area contributed by atoms with Crippen molar-refractivity contribution in [2.24, 2.45) is 0 Å². The maximum atomic E-state index is 6.22. The van der Waals surface area contributed by atoms with Crippen LogP contribution in [-0.4, -0.2) is 25.7 Å². The lowest BCUT2D eigenvalue weighted by molar-refractivity contribution is 0.416. The summed E-state index contributed by atoms with van der Waals surface area (Å²) in [5.41, 5.74) is 1.18. The van der Waals surface area contributed by atoms with Crippen molar-refractivity contribution in [3.8, 4) is 0 Å². The van der Waals surface area contributed by atoms with Gasteiger partial charge in [0.2, 0.25) is 0 Å². The molecular formula is C14H21ClN2. The van der Waals surface area contributed by atoms with Crippen LogP contribution in [0.3, 0.4) is 0 Å². The summed E-state index contributed by atoms with van der Waals surface area (Å²) in [6.07, 6.45) is 3.64. The number of benzene rings is 1. The van der Waals surface area contributed by atoms with E-state index in [-0.39, 0.29) is 0 Å². The van der Waals surface area contributed by atoms with E-state index in [1.807, 2.05) is 12.1 Å². The Hall–Kier alpha value is -0.730. The van der Waals surface area contributed by atoms with Crippen LogP contribution in [0.4, 0.5) is 5.69 Å².